The minimum atomic E-state index is -0.325. The van der Waals surface area contributed by atoms with Gasteiger partial charge in [0.1, 0.15) is 0 Å². The van der Waals surface area contributed by atoms with Crippen molar-refractivity contribution >= 4 is 12.0 Å². The topological polar surface area (TPSA) is 71.1 Å². The first-order valence-corrected chi connectivity index (χ1v) is 6.62. The van der Waals surface area contributed by atoms with Gasteiger partial charge in [-0.3, -0.25) is 4.79 Å². The smallest absolute Gasteiger partial charge is 0.409 e. The molecule has 0 saturated carbocycles. The van der Waals surface area contributed by atoms with Gasteiger partial charge in [-0.2, -0.15) is 0 Å². The minimum absolute atomic E-state index is 0.111. The molecule has 2 heterocycles. The van der Waals surface area contributed by atoms with Gasteiger partial charge in [-0.15, -0.1) is 0 Å². The molecule has 0 radical (unpaired) electrons. The predicted octanol–water partition coefficient (Wildman–Crippen LogP) is -0.724. The van der Waals surface area contributed by atoms with E-state index in [1.54, 1.807) is 9.80 Å². The summed E-state index contributed by atoms with van der Waals surface area (Å²) in [6.45, 7) is 4.31. The summed E-state index contributed by atoms with van der Waals surface area (Å²) in [6.07, 6.45) is 0.132. The van der Waals surface area contributed by atoms with E-state index in [4.69, 9.17) is 4.74 Å². The van der Waals surface area contributed by atoms with Crippen LogP contribution in [0.4, 0.5) is 4.79 Å². The number of carbonyl (C=O) groups excluding carboxylic acids is 2. The van der Waals surface area contributed by atoms with Crippen LogP contribution in [0, 0.1) is 0 Å². The van der Waals surface area contributed by atoms with E-state index >= 15 is 0 Å². The molecule has 2 amide bonds. The van der Waals surface area contributed by atoms with Crippen molar-refractivity contribution in [1.82, 2.24) is 15.1 Å². The highest BCUT2D eigenvalue weighted by Gasteiger charge is 2.26. The number of ether oxygens (including phenoxy) is 2. The largest absolute Gasteiger partial charge is 0.453 e. The van der Waals surface area contributed by atoms with Crippen LogP contribution in [-0.2, 0) is 14.3 Å². The third-order valence-corrected chi connectivity index (χ3v) is 3.48. The molecule has 0 aromatic carbocycles. The number of nitrogens with zero attached hydrogens (tertiary/aromatic N) is 2. The van der Waals surface area contributed by atoms with Crippen molar-refractivity contribution in [1.29, 1.82) is 0 Å². The van der Waals surface area contributed by atoms with Gasteiger partial charge in [-0.1, -0.05) is 0 Å². The second kappa shape index (κ2) is 6.72. The van der Waals surface area contributed by atoms with Crippen molar-refractivity contribution in [3.05, 3.63) is 0 Å². The van der Waals surface area contributed by atoms with Crippen LogP contribution in [0.25, 0.3) is 0 Å². The van der Waals surface area contributed by atoms with Gasteiger partial charge in [0.2, 0.25) is 5.91 Å². The number of morpholine rings is 1. The molecule has 1 atom stereocenters. The van der Waals surface area contributed by atoms with E-state index in [-0.39, 0.29) is 18.0 Å². The quantitative estimate of drug-likeness (QED) is 0.717. The van der Waals surface area contributed by atoms with E-state index in [0.717, 1.165) is 6.54 Å². The Balaban J connectivity index is 1.74. The first-order valence-electron chi connectivity index (χ1n) is 6.62. The molecule has 0 aromatic rings. The SMILES string of the molecule is COC(=O)N1CCN(C(=O)CC2COCCN2)CC1. The Bertz CT molecular complexity index is 323. The summed E-state index contributed by atoms with van der Waals surface area (Å²) in [5.41, 5.74) is 0. The molecule has 1 N–H and O–H groups in total. The van der Waals surface area contributed by atoms with Crippen LogP contribution in [0.1, 0.15) is 6.42 Å². The van der Waals surface area contributed by atoms with Crippen molar-refractivity contribution in [2.75, 3.05) is 53.0 Å². The second-order valence-corrected chi connectivity index (χ2v) is 4.77. The van der Waals surface area contributed by atoms with Crippen molar-refractivity contribution in [2.45, 2.75) is 12.5 Å². The molecule has 2 aliphatic heterocycles. The molecule has 108 valence electrons. The summed E-state index contributed by atoms with van der Waals surface area (Å²) in [4.78, 5) is 26.9. The maximum Gasteiger partial charge on any atom is 0.409 e. The molecular formula is C12H21N3O4. The number of piperazine rings is 1. The molecule has 2 fully saturated rings. The first kappa shape index (κ1) is 14.1. The van der Waals surface area contributed by atoms with Crippen LogP contribution in [0.2, 0.25) is 0 Å². The fourth-order valence-electron chi connectivity index (χ4n) is 2.36. The van der Waals surface area contributed by atoms with Crippen molar-refractivity contribution < 1.29 is 19.1 Å². The number of methoxy groups -OCH3 is 1. The summed E-state index contributed by atoms with van der Waals surface area (Å²) in [6, 6.07) is 0.111. The lowest BCUT2D eigenvalue weighted by Gasteiger charge is -2.35. The molecule has 2 rings (SSSR count). The van der Waals surface area contributed by atoms with Gasteiger partial charge in [-0.05, 0) is 0 Å². The highest BCUT2D eigenvalue weighted by molar-refractivity contribution is 5.77. The van der Waals surface area contributed by atoms with E-state index in [1.165, 1.54) is 7.11 Å². The lowest BCUT2D eigenvalue weighted by molar-refractivity contribution is -0.134. The standard InChI is InChI=1S/C12H21N3O4/c1-18-12(17)15-5-3-14(4-6-15)11(16)8-10-9-19-7-2-13-10/h10,13H,2-9H2,1H3. The summed E-state index contributed by atoms with van der Waals surface area (Å²) in [7, 11) is 1.37. The van der Waals surface area contributed by atoms with Crippen LogP contribution in [-0.4, -0.2) is 80.9 Å². The van der Waals surface area contributed by atoms with Crippen LogP contribution >= 0.6 is 0 Å². The van der Waals surface area contributed by atoms with Crippen molar-refractivity contribution in [3.63, 3.8) is 0 Å². The molecule has 2 saturated heterocycles. The Morgan fingerprint density at radius 2 is 1.95 bits per heavy atom. The van der Waals surface area contributed by atoms with Crippen LogP contribution in [0.15, 0.2) is 0 Å². The van der Waals surface area contributed by atoms with Gasteiger partial charge in [0.05, 0.1) is 20.3 Å². The average Bonchev–Trinajstić information content (AvgIpc) is 2.47. The van der Waals surface area contributed by atoms with Gasteiger partial charge in [0, 0.05) is 45.2 Å². The number of hydrogen-bond donors (Lipinski definition) is 1. The van der Waals surface area contributed by atoms with E-state index in [2.05, 4.69) is 10.1 Å². The number of hydrogen-bond acceptors (Lipinski definition) is 5. The number of rotatable bonds is 2. The van der Waals surface area contributed by atoms with E-state index in [9.17, 15) is 9.59 Å². The molecule has 7 nitrogen and oxygen atoms in total. The summed E-state index contributed by atoms with van der Waals surface area (Å²) in [5.74, 6) is 0.118. The zero-order valence-corrected chi connectivity index (χ0v) is 11.3. The van der Waals surface area contributed by atoms with Gasteiger partial charge in [-0.25, -0.2) is 4.79 Å². The molecule has 2 aliphatic rings. The van der Waals surface area contributed by atoms with Crippen molar-refractivity contribution in [2.24, 2.45) is 0 Å². The molecule has 7 heteroatoms. The Morgan fingerprint density at radius 1 is 1.26 bits per heavy atom. The van der Waals surface area contributed by atoms with Gasteiger partial charge < -0.3 is 24.6 Å². The van der Waals surface area contributed by atoms with Crippen LogP contribution in [0.3, 0.4) is 0 Å². The Labute approximate surface area is 112 Å². The first-order chi connectivity index (χ1) is 9.20. The van der Waals surface area contributed by atoms with Crippen molar-refractivity contribution in [3.8, 4) is 0 Å². The Hall–Kier alpha value is -1.34. The maximum absolute atomic E-state index is 12.1. The van der Waals surface area contributed by atoms with Gasteiger partial charge in [0.15, 0.2) is 0 Å². The number of amides is 2. The summed E-state index contributed by atoms with van der Waals surface area (Å²) >= 11 is 0. The summed E-state index contributed by atoms with van der Waals surface area (Å²) < 4.78 is 9.99. The third-order valence-electron chi connectivity index (χ3n) is 3.48. The lowest BCUT2D eigenvalue weighted by atomic mass is 10.1. The normalized spacial score (nSPS) is 24.2. The fraction of sp³-hybridized carbons (Fsp3) is 0.833. The zero-order valence-electron chi connectivity index (χ0n) is 11.3. The molecule has 1 unspecified atom stereocenters. The Kier molecular flexibility index (Phi) is 4.98. The monoisotopic (exact) mass is 271 g/mol. The molecular weight excluding hydrogens is 250 g/mol. The number of nitrogens with one attached hydrogen (secondary N) is 1. The highest BCUT2D eigenvalue weighted by atomic mass is 16.5. The second-order valence-electron chi connectivity index (χ2n) is 4.77. The highest BCUT2D eigenvalue weighted by Crippen LogP contribution is 2.08. The molecule has 0 bridgehead atoms. The number of carbonyl (C=O) groups is 2. The van der Waals surface area contributed by atoms with Gasteiger partial charge >= 0.3 is 6.09 Å². The molecule has 0 aromatic heterocycles. The molecule has 0 spiro atoms. The van der Waals surface area contributed by atoms with E-state index < -0.39 is 0 Å². The predicted molar refractivity (Wildman–Crippen MR) is 67.8 cm³/mol. The van der Waals surface area contributed by atoms with E-state index in [1.807, 2.05) is 0 Å². The van der Waals surface area contributed by atoms with Crippen LogP contribution in [0.5, 0.6) is 0 Å². The maximum atomic E-state index is 12.1. The Morgan fingerprint density at radius 3 is 2.53 bits per heavy atom. The minimum Gasteiger partial charge on any atom is -0.453 e. The molecule has 0 aliphatic carbocycles. The average molecular weight is 271 g/mol. The van der Waals surface area contributed by atoms with E-state index in [0.29, 0.717) is 45.8 Å². The fourth-order valence-corrected chi connectivity index (χ4v) is 2.36. The molecule has 19 heavy (non-hydrogen) atoms. The van der Waals surface area contributed by atoms with Crippen LogP contribution < -0.4 is 5.32 Å². The third kappa shape index (κ3) is 3.81. The summed E-state index contributed by atoms with van der Waals surface area (Å²) in [5, 5.41) is 3.27. The van der Waals surface area contributed by atoms with Gasteiger partial charge in [0.25, 0.3) is 0 Å². The lowest BCUT2D eigenvalue weighted by Crippen LogP contribution is -2.52. The zero-order chi connectivity index (χ0) is 13.7.